The molecule has 1 heterocycles. The molecule has 0 unspecified atom stereocenters. The Balaban J connectivity index is 1.81. The number of benzene rings is 1. The van der Waals surface area contributed by atoms with Crippen LogP contribution in [0.1, 0.15) is 24.8 Å². The molecule has 1 aromatic carbocycles. The van der Waals surface area contributed by atoms with Crippen molar-refractivity contribution in [3.8, 4) is 17.6 Å². The van der Waals surface area contributed by atoms with Gasteiger partial charge in [-0.3, -0.25) is 0 Å². The lowest BCUT2D eigenvalue weighted by atomic mass is 10.1. The molecule has 2 rings (SSSR count). The van der Waals surface area contributed by atoms with Crippen molar-refractivity contribution >= 4 is 0 Å². The van der Waals surface area contributed by atoms with Crippen molar-refractivity contribution in [1.82, 2.24) is 5.32 Å². The van der Waals surface area contributed by atoms with E-state index in [1.165, 1.54) is 0 Å². The van der Waals surface area contributed by atoms with Crippen LogP contribution in [0.25, 0.3) is 0 Å². The zero-order chi connectivity index (χ0) is 12.6. The maximum absolute atomic E-state index is 8.43. The first-order valence-corrected chi connectivity index (χ1v) is 6.37. The molecule has 1 N–H and O–H groups in total. The summed E-state index contributed by atoms with van der Waals surface area (Å²) in [5.74, 6) is 1.71. The maximum atomic E-state index is 8.43. The minimum atomic E-state index is 0.617. The van der Waals surface area contributed by atoms with E-state index in [-0.39, 0.29) is 0 Å². The highest BCUT2D eigenvalue weighted by atomic mass is 16.6. The molecule has 1 aliphatic rings. The average Bonchev–Trinajstić information content (AvgIpc) is 2.43. The first-order valence-electron chi connectivity index (χ1n) is 6.37. The Bertz CT molecular complexity index is 426. The molecule has 1 aromatic rings. The van der Waals surface area contributed by atoms with Gasteiger partial charge in [-0.25, -0.2) is 0 Å². The second-order valence-electron chi connectivity index (χ2n) is 4.23. The van der Waals surface area contributed by atoms with E-state index in [1.807, 2.05) is 12.1 Å². The summed E-state index contributed by atoms with van der Waals surface area (Å²) in [6.45, 7) is 2.94. The van der Waals surface area contributed by atoms with Gasteiger partial charge in [-0.15, -0.1) is 0 Å². The molecule has 4 nitrogen and oxygen atoms in total. The van der Waals surface area contributed by atoms with Gasteiger partial charge < -0.3 is 14.8 Å². The fourth-order valence-electron chi connectivity index (χ4n) is 1.95. The van der Waals surface area contributed by atoms with Gasteiger partial charge in [0.2, 0.25) is 0 Å². The van der Waals surface area contributed by atoms with E-state index >= 15 is 0 Å². The second-order valence-corrected chi connectivity index (χ2v) is 4.23. The Morgan fingerprint density at radius 2 is 2.11 bits per heavy atom. The first-order chi connectivity index (χ1) is 8.92. The lowest BCUT2D eigenvalue weighted by Gasteiger charge is -2.21. The molecule has 0 amide bonds. The van der Waals surface area contributed by atoms with Crippen molar-refractivity contribution < 1.29 is 9.47 Å². The summed E-state index contributed by atoms with van der Waals surface area (Å²) in [6.07, 6.45) is 2.62. The second kappa shape index (κ2) is 6.87. The van der Waals surface area contributed by atoms with Crippen LogP contribution in [0.5, 0.6) is 11.5 Å². The topological polar surface area (TPSA) is 54.3 Å². The predicted molar refractivity (Wildman–Crippen MR) is 68.6 cm³/mol. The highest BCUT2D eigenvalue weighted by Crippen LogP contribution is 2.33. The third-order valence-electron chi connectivity index (χ3n) is 2.86. The van der Waals surface area contributed by atoms with Crippen molar-refractivity contribution in [2.24, 2.45) is 0 Å². The first kappa shape index (κ1) is 12.7. The summed E-state index contributed by atoms with van der Waals surface area (Å²) in [5, 5.41) is 11.8. The molecule has 0 atom stereocenters. The number of para-hydroxylation sites is 1. The summed E-state index contributed by atoms with van der Waals surface area (Å²) in [7, 11) is 0. The molecule has 0 radical (unpaired) electrons. The third kappa shape index (κ3) is 3.38. The SMILES string of the molecule is N#CCCCCNCc1cccc2c1OCCO2. The summed E-state index contributed by atoms with van der Waals surface area (Å²) >= 11 is 0. The predicted octanol–water partition coefficient (Wildman–Crippen LogP) is 2.24. The molecule has 0 aliphatic carbocycles. The lowest BCUT2D eigenvalue weighted by Crippen LogP contribution is -2.19. The van der Waals surface area contributed by atoms with Gasteiger partial charge in [-0.1, -0.05) is 12.1 Å². The zero-order valence-electron chi connectivity index (χ0n) is 10.4. The molecule has 0 aromatic heterocycles. The minimum Gasteiger partial charge on any atom is -0.486 e. The normalized spacial score (nSPS) is 13.1. The molecule has 0 saturated heterocycles. The Morgan fingerprint density at radius 1 is 1.22 bits per heavy atom. The Hall–Kier alpha value is -1.73. The van der Waals surface area contributed by atoms with Gasteiger partial charge in [0, 0.05) is 18.5 Å². The van der Waals surface area contributed by atoms with Gasteiger partial charge >= 0.3 is 0 Å². The fraction of sp³-hybridized carbons (Fsp3) is 0.500. The van der Waals surface area contributed by atoms with Crippen LogP contribution >= 0.6 is 0 Å². The van der Waals surface area contributed by atoms with Gasteiger partial charge in [-0.2, -0.15) is 5.26 Å². The molecule has 18 heavy (non-hydrogen) atoms. The Morgan fingerprint density at radius 3 is 3.00 bits per heavy atom. The van der Waals surface area contributed by atoms with Crippen LogP contribution in [0.3, 0.4) is 0 Å². The standard InChI is InChI=1S/C14H18N2O2/c15-7-2-1-3-8-16-11-12-5-4-6-13-14(12)18-10-9-17-13/h4-6,16H,1-3,8-11H2. The quantitative estimate of drug-likeness (QED) is 0.782. The number of ether oxygens (including phenoxy) is 2. The van der Waals surface area contributed by atoms with E-state index in [1.54, 1.807) is 0 Å². The molecule has 0 spiro atoms. The van der Waals surface area contributed by atoms with Gasteiger partial charge in [0.25, 0.3) is 0 Å². The largest absolute Gasteiger partial charge is 0.486 e. The van der Waals surface area contributed by atoms with Crippen LogP contribution in [0.15, 0.2) is 18.2 Å². The van der Waals surface area contributed by atoms with Gasteiger partial charge in [0.1, 0.15) is 13.2 Å². The van der Waals surface area contributed by atoms with Crippen molar-refractivity contribution in [3.63, 3.8) is 0 Å². The van der Waals surface area contributed by atoms with E-state index in [0.29, 0.717) is 19.6 Å². The highest BCUT2D eigenvalue weighted by Gasteiger charge is 2.14. The Labute approximate surface area is 108 Å². The molecule has 1 aliphatic heterocycles. The average molecular weight is 246 g/mol. The summed E-state index contributed by atoms with van der Waals surface area (Å²) in [4.78, 5) is 0. The van der Waals surface area contributed by atoms with Crippen molar-refractivity contribution in [1.29, 1.82) is 5.26 Å². The monoisotopic (exact) mass is 246 g/mol. The number of fused-ring (bicyclic) bond motifs is 1. The van der Waals surface area contributed by atoms with E-state index in [0.717, 1.165) is 43.0 Å². The van der Waals surface area contributed by atoms with Crippen LogP contribution < -0.4 is 14.8 Å². The van der Waals surface area contributed by atoms with E-state index in [4.69, 9.17) is 14.7 Å². The number of hydrogen-bond acceptors (Lipinski definition) is 4. The molecule has 4 heteroatoms. The van der Waals surface area contributed by atoms with Crippen molar-refractivity contribution in [3.05, 3.63) is 23.8 Å². The number of nitrogens with zero attached hydrogens (tertiary/aromatic N) is 1. The summed E-state index contributed by atoms with van der Waals surface area (Å²) in [6, 6.07) is 8.13. The van der Waals surface area contributed by atoms with Gasteiger partial charge in [0.15, 0.2) is 11.5 Å². The summed E-state index contributed by atoms with van der Waals surface area (Å²) < 4.78 is 11.2. The number of hydrogen-bond donors (Lipinski definition) is 1. The number of unbranched alkanes of at least 4 members (excludes halogenated alkanes) is 2. The molecule has 96 valence electrons. The van der Waals surface area contributed by atoms with Crippen molar-refractivity contribution in [2.75, 3.05) is 19.8 Å². The molecule has 0 fully saturated rings. The van der Waals surface area contributed by atoms with Crippen LogP contribution in [-0.2, 0) is 6.54 Å². The van der Waals surface area contributed by atoms with E-state index < -0.39 is 0 Å². The Kier molecular flexibility index (Phi) is 4.86. The smallest absolute Gasteiger partial charge is 0.165 e. The fourth-order valence-corrected chi connectivity index (χ4v) is 1.95. The molecular weight excluding hydrogens is 228 g/mol. The van der Waals surface area contributed by atoms with E-state index in [9.17, 15) is 0 Å². The van der Waals surface area contributed by atoms with Crippen LogP contribution in [0.2, 0.25) is 0 Å². The lowest BCUT2D eigenvalue weighted by molar-refractivity contribution is 0.169. The van der Waals surface area contributed by atoms with Crippen LogP contribution in [0.4, 0.5) is 0 Å². The van der Waals surface area contributed by atoms with Crippen LogP contribution in [0, 0.1) is 11.3 Å². The molecular formula is C14H18N2O2. The van der Waals surface area contributed by atoms with E-state index in [2.05, 4.69) is 17.5 Å². The third-order valence-corrected chi connectivity index (χ3v) is 2.86. The minimum absolute atomic E-state index is 0.617. The zero-order valence-corrected chi connectivity index (χ0v) is 10.4. The van der Waals surface area contributed by atoms with Crippen molar-refractivity contribution in [2.45, 2.75) is 25.8 Å². The van der Waals surface area contributed by atoms with Gasteiger partial charge in [0.05, 0.1) is 6.07 Å². The highest BCUT2D eigenvalue weighted by molar-refractivity contribution is 5.47. The van der Waals surface area contributed by atoms with Gasteiger partial charge in [-0.05, 0) is 25.5 Å². The number of nitriles is 1. The number of rotatable bonds is 6. The molecule has 0 saturated carbocycles. The van der Waals surface area contributed by atoms with Crippen LogP contribution in [-0.4, -0.2) is 19.8 Å². The summed E-state index contributed by atoms with van der Waals surface area (Å²) in [5.41, 5.74) is 1.13. The molecule has 0 bridgehead atoms. The maximum Gasteiger partial charge on any atom is 0.165 e. The number of nitrogens with one attached hydrogen (secondary N) is 1.